The SMILES string of the molecule is COC(=O)/C=C/c1ccc(-c2nc3c(C)nn(C4CCCCC4)c(=O)c3[nH]2)c(OC)c1. The van der Waals surface area contributed by atoms with Gasteiger partial charge in [0.05, 0.1) is 31.5 Å². The lowest BCUT2D eigenvalue weighted by atomic mass is 9.95. The monoisotopic (exact) mass is 422 g/mol. The van der Waals surface area contributed by atoms with E-state index in [0.717, 1.165) is 42.5 Å². The molecule has 1 aliphatic rings. The fraction of sp³-hybridized carbons (Fsp3) is 0.391. The van der Waals surface area contributed by atoms with Gasteiger partial charge in [-0.2, -0.15) is 5.10 Å². The van der Waals surface area contributed by atoms with E-state index in [1.54, 1.807) is 23.9 Å². The minimum absolute atomic E-state index is 0.136. The highest BCUT2D eigenvalue weighted by Gasteiger charge is 2.22. The average molecular weight is 422 g/mol. The predicted octanol–water partition coefficient (Wildman–Crippen LogP) is 3.80. The van der Waals surface area contributed by atoms with Gasteiger partial charge >= 0.3 is 5.97 Å². The second kappa shape index (κ2) is 8.75. The Bertz CT molecular complexity index is 1200. The molecule has 0 radical (unpaired) electrons. The highest BCUT2D eigenvalue weighted by molar-refractivity contribution is 5.87. The first-order valence-electron chi connectivity index (χ1n) is 10.5. The number of nitrogens with zero attached hydrogens (tertiary/aromatic N) is 3. The van der Waals surface area contributed by atoms with E-state index < -0.39 is 5.97 Å². The van der Waals surface area contributed by atoms with Crippen LogP contribution >= 0.6 is 0 Å². The molecule has 1 aliphatic carbocycles. The average Bonchev–Trinajstić information content (AvgIpc) is 3.26. The maximum absolute atomic E-state index is 13.2. The van der Waals surface area contributed by atoms with E-state index in [0.29, 0.717) is 22.6 Å². The van der Waals surface area contributed by atoms with E-state index >= 15 is 0 Å². The second-order valence-corrected chi connectivity index (χ2v) is 7.75. The number of aryl methyl sites for hydroxylation is 1. The van der Waals surface area contributed by atoms with Crippen molar-refractivity contribution in [3.05, 3.63) is 45.9 Å². The fourth-order valence-electron chi connectivity index (χ4n) is 4.10. The van der Waals surface area contributed by atoms with Crippen molar-refractivity contribution in [3.8, 4) is 17.1 Å². The van der Waals surface area contributed by atoms with Crippen molar-refractivity contribution in [2.24, 2.45) is 0 Å². The highest BCUT2D eigenvalue weighted by atomic mass is 16.5. The number of aromatic amines is 1. The lowest BCUT2D eigenvalue weighted by molar-refractivity contribution is -0.134. The van der Waals surface area contributed by atoms with Gasteiger partial charge in [-0.3, -0.25) is 4.79 Å². The van der Waals surface area contributed by atoms with Crippen LogP contribution in [0.15, 0.2) is 29.1 Å². The molecule has 0 bridgehead atoms. The number of hydrogen-bond donors (Lipinski definition) is 1. The molecular formula is C23H26N4O4. The molecule has 0 atom stereocenters. The first-order valence-corrected chi connectivity index (χ1v) is 10.5. The lowest BCUT2D eigenvalue weighted by Crippen LogP contribution is -2.29. The summed E-state index contributed by atoms with van der Waals surface area (Å²) in [6.07, 6.45) is 8.41. The molecule has 4 rings (SSSR count). The van der Waals surface area contributed by atoms with Gasteiger partial charge in [0.25, 0.3) is 5.56 Å². The third-order valence-electron chi connectivity index (χ3n) is 5.74. The van der Waals surface area contributed by atoms with Crippen LogP contribution in [-0.4, -0.2) is 39.9 Å². The molecule has 2 aromatic heterocycles. The minimum Gasteiger partial charge on any atom is -0.496 e. The summed E-state index contributed by atoms with van der Waals surface area (Å²) < 4.78 is 11.8. The Morgan fingerprint density at radius 2 is 2.00 bits per heavy atom. The fourth-order valence-corrected chi connectivity index (χ4v) is 4.10. The molecular weight excluding hydrogens is 396 g/mol. The zero-order chi connectivity index (χ0) is 22.0. The number of rotatable bonds is 5. The van der Waals surface area contributed by atoms with Gasteiger partial charge in [0.15, 0.2) is 0 Å². The van der Waals surface area contributed by atoms with Crippen LogP contribution in [0, 0.1) is 6.92 Å². The first-order chi connectivity index (χ1) is 15.0. The number of carbonyl (C=O) groups is 1. The summed E-state index contributed by atoms with van der Waals surface area (Å²) >= 11 is 0. The number of imidazole rings is 1. The van der Waals surface area contributed by atoms with Crippen molar-refractivity contribution >= 4 is 23.1 Å². The Morgan fingerprint density at radius 1 is 1.23 bits per heavy atom. The van der Waals surface area contributed by atoms with Gasteiger partial charge in [0, 0.05) is 6.08 Å². The first kappa shape index (κ1) is 20.8. The lowest BCUT2D eigenvalue weighted by Gasteiger charge is -2.22. The summed E-state index contributed by atoms with van der Waals surface area (Å²) in [7, 11) is 2.90. The summed E-state index contributed by atoms with van der Waals surface area (Å²) in [5, 5.41) is 4.57. The molecule has 8 nitrogen and oxygen atoms in total. The summed E-state index contributed by atoms with van der Waals surface area (Å²) in [4.78, 5) is 32.3. The maximum atomic E-state index is 13.2. The van der Waals surface area contributed by atoms with Crippen LogP contribution in [0.3, 0.4) is 0 Å². The van der Waals surface area contributed by atoms with Crippen molar-refractivity contribution in [2.45, 2.75) is 45.1 Å². The molecule has 0 spiro atoms. The molecule has 0 unspecified atom stereocenters. The van der Waals surface area contributed by atoms with Crippen LogP contribution in [-0.2, 0) is 9.53 Å². The van der Waals surface area contributed by atoms with Crippen molar-refractivity contribution < 1.29 is 14.3 Å². The standard InChI is InChI=1S/C23H26N4O4/c1-14-20-21(23(29)27(26-14)16-7-5-4-6-8-16)25-22(24-20)17-11-9-15(13-18(17)30-2)10-12-19(28)31-3/h9-13,16H,4-8H2,1-3H3,(H,24,25)/b12-10+. The number of benzene rings is 1. The Hall–Kier alpha value is -3.42. The summed E-state index contributed by atoms with van der Waals surface area (Å²) in [5.74, 6) is 0.681. The van der Waals surface area contributed by atoms with Gasteiger partial charge in [-0.25, -0.2) is 14.5 Å². The molecule has 31 heavy (non-hydrogen) atoms. The number of fused-ring (bicyclic) bond motifs is 1. The second-order valence-electron chi connectivity index (χ2n) is 7.75. The van der Waals surface area contributed by atoms with Crippen molar-refractivity contribution in [1.82, 2.24) is 19.7 Å². The largest absolute Gasteiger partial charge is 0.496 e. The van der Waals surface area contributed by atoms with E-state index in [2.05, 4.69) is 19.8 Å². The Kier molecular flexibility index (Phi) is 5.88. The van der Waals surface area contributed by atoms with Crippen LogP contribution in [0.2, 0.25) is 0 Å². The number of ether oxygens (including phenoxy) is 2. The number of methoxy groups -OCH3 is 2. The smallest absolute Gasteiger partial charge is 0.330 e. The van der Waals surface area contributed by atoms with E-state index in [1.807, 2.05) is 19.1 Å². The van der Waals surface area contributed by atoms with Crippen LogP contribution in [0.1, 0.15) is 49.4 Å². The molecule has 1 N–H and O–H groups in total. The van der Waals surface area contributed by atoms with Crippen molar-refractivity contribution in [3.63, 3.8) is 0 Å². The molecule has 2 heterocycles. The number of carbonyl (C=O) groups excluding carboxylic acids is 1. The van der Waals surface area contributed by atoms with Gasteiger partial charge in [-0.1, -0.05) is 25.3 Å². The van der Waals surface area contributed by atoms with Crippen molar-refractivity contribution in [2.75, 3.05) is 14.2 Å². The van der Waals surface area contributed by atoms with Crippen LogP contribution < -0.4 is 10.3 Å². The molecule has 0 amide bonds. The number of nitrogens with one attached hydrogen (secondary N) is 1. The van der Waals surface area contributed by atoms with Gasteiger partial charge in [-0.15, -0.1) is 0 Å². The molecule has 0 aliphatic heterocycles. The van der Waals surface area contributed by atoms with Gasteiger partial charge < -0.3 is 14.5 Å². The summed E-state index contributed by atoms with van der Waals surface area (Å²) in [6, 6.07) is 5.63. The Labute approximate surface area is 179 Å². The molecule has 1 fully saturated rings. The zero-order valence-electron chi connectivity index (χ0n) is 18.0. The van der Waals surface area contributed by atoms with Gasteiger partial charge in [0.1, 0.15) is 22.6 Å². The molecule has 8 heteroatoms. The van der Waals surface area contributed by atoms with E-state index in [9.17, 15) is 9.59 Å². The molecule has 3 aromatic rings. The predicted molar refractivity (Wildman–Crippen MR) is 118 cm³/mol. The summed E-state index contributed by atoms with van der Waals surface area (Å²) in [5.41, 5.74) is 3.12. The maximum Gasteiger partial charge on any atom is 0.330 e. The van der Waals surface area contributed by atoms with E-state index in [-0.39, 0.29) is 11.6 Å². The zero-order valence-corrected chi connectivity index (χ0v) is 18.0. The van der Waals surface area contributed by atoms with E-state index in [4.69, 9.17) is 4.74 Å². The van der Waals surface area contributed by atoms with Crippen LogP contribution in [0.5, 0.6) is 5.75 Å². The van der Waals surface area contributed by atoms with Gasteiger partial charge in [0.2, 0.25) is 0 Å². The third-order valence-corrected chi connectivity index (χ3v) is 5.74. The Balaban J connectivity index is 1.75. The Morgan fingerprint density at radius 3 is 2.71 bits per heavy atom. The topological polar surface area (TPSA) is 99.1 Å². The number of H-pyrrole nitrogens is 1. The molecule has 0 saturated heterocycles. The normalized spacial score (nSPS) is 14.9. The summed E-state index contributed by atoms with van der Waals surface area (Å²) in [6.45, 7) is 1.88. The molecule has 1 aromatic carbocycles. The van der Waals surface area contributed by atoms with Crippen LogP contribution in [0.25, 0.3) is 28.5 Å². The minimum atomic E-state index is -0.433. The third kappa shape index (κ3) is 4.10. The van der Waals surface area contributed by atoms with E-state index in [1.165, 1.54) is 19.6 Å². The number of hydrogen-bond acceptors (Lipinski definition) is 6. The van der Waals surface area contributed by atoms with Crippen molar-refractivity contribution in [1.29, 1.82) is 0 Å². The number of esters is 1. The molecule has 1 saturated carbocycles. The van der Waals surface area contributed by atoms with Crippen LogP contribution in [0.4, 0.5) is 0 Å². The highest BCUT2D eigenvalue weighted by Crippen LogP contribution is 2.31. The van der Waals surface area contributed by atoms with Gasteiger partial charge in [-0.05, 0) is 43.5 Å². The molecule has 162 valence electrons. The number of aromatic nitrogens is 4. The quantitative estimate of drug-likeness (QED) is 0.496.